The fraction of sp³-hybridized carbons (Fsp3) is 0.842. The van der Waals surface area contributed by atoms with Crippen LogP contribution in [0.1, 0.15) is 64.6 Å². The summed E-state index contributed by atoms with van der Waals surface area (Å²) >= 11 is 0. The van der Waals surface area contributed by atoms with Gasteiger partial charge in [0, 0.05) is 6.54 Å². The minimum Gasteiger partial charge on any atom is -0.393 e. The van der Waals surface area contributed by atoms with Crippen LogP contribution in [-0.2, 0) is 6.54 Å². The maximum absolute atomic E-state index is 10.6. The molecule has 5 rings (SSSR count). The minimum atomic E-state index is -0.0810. The van der Waals surface area contributed by atoms with Gasteiger partial charge in [-0.3, -0.25) is 0 Å². The van der Waals surface area contributed by atoms with Crippen LogP contribution in [0, 0.1) is 28.6 Å². The molecule has 0 spiro atoms. The van der Waals surface area contributed by atoms with Gasteiger partial charge in [0.2, 0.25) is 0 Å². The first-order chi connectivity index (χ1) is 11.5. The van der Waals surface area contributed by atoms with Crippen molar-refractivity contribution in [2.45, 2.75) is 71.4 Å². The summed E-state index contributed by atoms with van der Waals surface area (Å²) in [5.41, 5.74) is 2.00. The van der Waals surface area contributed by atoms with Crippen molar-refractivity contribution in [3.05, 3.63) is 11.4 Å². The van der Waals surface area contributed by atoms with Crippen LogP contribution in [0.15, 0.2) is 5.57 Å². The van der Waals surface area contributed by atoms with E-state index < -0.39 is 0 Å². The number of aliphatic hydroxyl groups is 1. The van der Waals surface area contributed by atoms with Gasteiger partial charge in [-0.05, 0) is 90.0 Å². The van der Waals surface area contributed by atoms with Gasteiger partial charge >= 0.3 is 0 Å². The van der Waals surface area contributed by atoms with Crippen LogP contribution in [0.3, 0.4) is 0 Å². The van der Waals surface area contributed by atoms with E-state index in [1.165, 1.54) is 32.1 Å². The molecule has 1 aliphatic heterocycles. The number of aliphatic hydroxyl groups excluding tert-OH is 1. The molecular weight excluding hydrogens is 300 g/mol. The second kappa shape index (κ2) is 4.90. The van der Waals surface area contributed by atoms with Gasteiger partial charge in [0.15, 0.2) is 5.82 Å². The molecule has 0 bridgehead atoms. The number of tetrazole rings is 1. The van der Waals surface area contributed by atoms with Crippen molar-refractivity contribution < 1.29 is 5.11 Å². The third kappa shape index (κ3) is 1.82. The summed E-state index contributed by atoms with van der Waals surface area (Å²) in [6, 6.07) is 0. The Morgan fingerprint density at radius 2 is 2.00 bits per heavy atom. The summed E-state index contributed by atoms with van der Waals surface area (Å²) in [6.45, 7) is 5.77. The number of aryl methyl sites for hydroxylation is 1. The van der Waals surface area contributed by atoms with Crippen molar-refractivity contribution in [3.63, 3.8) is 0 Å². The normalized spacial score (nSPS) is 47.0. The second-order valence-electron chi connectivity index (χ2n) is 9.15. The molecule has 0 amide bonds. The highest BCUT2D eigenvalue weighted by atomic mass is 16.3. The van der Waals surface area contributed by atoms with Crippen LogP contribution in [0.4, 0.5) is 0 Å². The Bertz CT molecular complexity index is 697. The van der Waals surface area contributed by atoms with E-state index in [9.17, 15) is 5.11 Å². The Balaban J connectivity index is 1.52. The zero-order valence-electron chi connectivity index (χ0n) is 14.8. The maximum Gasteiger partial charge on any atom is 0.174 e. The Kier molecular flexibility index (Phi) is 3.08. The second-order valence-corrected chi connectivity index (χ2v) is 9.15. The van der Waals surface area contributed by atoms with Crippen LogP contribution in [0.25, 0.3) is 6.08 Å². The molecule has 5 nitrogen and oxygen atoms in total. The highest BCUT2D eigenvalue weighted by Gasteiger charge is 2.58. The molecule has 0 saturated heterocycles. The largest absolute Gasteiger partial charge is 0.393 e. The van der Waals surface area contributed by atoms with E-state index in [-0.39, 0.29) is 16.9 Å². The molecule has 3 fully saturated rings. The summed E-state index contributed by atoms with van der Waals surface area (Å²) in [5, 5.41) is 22.8. The van der Waals surface area contributed by atoms with Crippen LogP contribution < -0.4 is 0 Å². The predicted octanol–water partition coefficient (Wildman–Crippen LogP) is 3.06. The fourth-order valence-corrected chi connectivity index (χ4v) is 6.85. The van der Waals surface area contributed by atoms with E-state index in [4.69, 9.17) is 0 Å². The Hall–Kier alpha value is -1.23. The first-order valence-electron chi connectivity index (χ1n) is 9.68. The lowest BCUT2D eigenvalue weighted by atomic mass is 9.48. The first-order valence-corrected chi connectivity index (χ1v) is 9.68. The molecule has 3 saturated carbocycles. The molecule has 0 aromatic carbocycles. The van der Waals surface area contributed by atoms with E-state index in [1.54, 1.807) is 5.57 Å². The lowest BCUT2D eigenvalue weighted by molar-refractivity contribution is -0.0723. The molecule has 2 heterocycles. The van der Waals surface area contributed by atoms with E-state index >= 15 is 0 Å². The Morgan fingerprint density at radius 3 is 2.88 bits per heavy atom. The minimum absolute atomic E-state index is 0.0810. The molecule has 0 unspecified atom stereocenters. The Morgan fingerprint density at radius 1 is 1.12 bits per heavy atom. The highest BCUT2D eigenvalue weighted by molar-refractivity contribution is 5.49. The molecule has 24 heavy (non-hydrogen) atoms. The first kappa shape index (κ1) is 15.1. The monoisotopic (exact) mass is 328 g/mol. The Labute approximate surface area is 143 Å². The van der Waals surface area contributed by atoms with Crippen LogP contribution in [0.5, 0.6) is 0 Å². The predicted molar refractivity (Wildman–Crippen MR) is 90.8 cm³/mol. The number of aromatic nitrogens is 4. The molecule has 1 aromatic heterocycles. The van der Waals surface area contributed by atoms with Gasteiger partial charge in [0.05, 0.1) is 6.10 Å². The number of fused-ring (bicyclic) bond motifs is 6. The molecule has 3 aliphatic carbocycles. The molecule has 5 heteroatoms. The summed E-state index contributed by atoms with van der Waals surface area (Å²) in [6.07, 6.45) is 10.5. The average Bonchev–Trinajstić information content (AvgIpc) is 3.09. The third-order valence-corrected chi connectivity index (χ3v) is 8.39. The molecule has 4 aliphatic rings. The van der Waals surface area contributed by atoms with Crippen LogP contribution in [0.2, 0.25) is 0 Å². The van der Waals surface area contributed by atoms with Gasteiger partial charge < -0.3 is 5.11 Å². The molecule has 1 N–H and O–H groups in total. The van der Waals surface area contributed by atoms with Gasteiger partial charge in [-0.15, -0.1) is 5.10 Å². The number of nitrogens with zero attached hydrogens (tertiary/aromatic N) is 4. The van der Waals surface area contributed by atoms with Gasteiger partial charge in [-0.2, -0.15) is 0 Å². The molecule has 1 aromatic rings. The van der Waals surface area contributed by atoms with Gasteiger partial charge in [0.1, 0.15) is 0 Å². The van der Waals surface area contributed by atoms with Crippen LogP contribution >= 0.6 is 0 Å². The highest BCUT2D eigenvalue weighted by Crippen LogP contribution is 2.64. The van der Waals surface area contributed by atoms with Crippen molar-refractivity contribution >= 4 is 6.08 Å². The van der Waals surface area contributed by atoms with E-state index in [0.717, 1.165) is 37.0 Å². The summed E-state index contributed by atoms with van der Waals surface area (Å²) in [7, 11) is 0. The standard InChI is InChI=1S/C19H28N4O/c1-18-9-10-23-17(20-21-22-23)11-12(18)3-4-13-14-5-6-16(24)19(14,2)8-7-15(13)18/h11,13-16,24H,3-10H2,1-2H3/t13-,14-,15-,16-,18-,19-/m0/s1. The van der Waals surface area contributed by atoms with Crippen molar-refractivity contribution in [2.75, 3.05) is 0 Å². The zero-order chi connectivity index (χ0) is 16.5. The van der Waals surface area contributed by atoms with Crippen molar-refractivity contribution in [3.8, 4) is 0 Å². The number of rotatable bonds is 0. The number of hydrogen-bond donors (Lipinski definition) is 1. The van der Waals surface area contributed by atoms with Crippen molar-refractivity contribution in [1.29, 1.82) is 0 Å². The lowest BCUT2D eigenvalue weighted by Gasteiger charge is -2.56. The average molecular weight is 328 g/mol. The van der Waals surface area contributed by atoms with Crippen molar-refractivity contribution in [1.82, 2.24) is 20.2 Å². The topological polar surface area (TPSA) is 63.8 Å². The third-order valence-electron chi connectivity index (χ3n) is 8.39. The summed E-state index contributed by atoms with van der Waals surface area (Å²) < 4.78 is 1.97. The molecule has 6 atom stereocenters. The zero-order valence-corrected chi connectivity index (χ0v) is 14.8. The summed E-state index contributed by atoms with van der Waals surface area (Å²) in [4.78, 5) is 0. The lowest BCUT2D eigenvalue weighted by Crippen LogP contribution is -2.50. The quantitative estimate of drug-likeness (QED) is 0.795. The molecule has 0 radical (unpaired) electrons. The number of allylic oxidation sites excluding steroid dienone is 1. The SMILES string of the molecule is C[C@]12CC[C@H]3[C@@H](CCC4=Cc5nnnn5CC[C@@]43C)[C@@H]1CC[C@@H]2O. The molecule has 130 valence electrons. The number of hydrogen-bond acceptors (Lipinski definition) is 4. The maximum atomic E-state index is 10.6. The summed E-state index contributed by atoms with van der Waals surface area (Å²) in [5.74, 6) is 3.17. The van der Waals surface area contributed by atoms with E-state index in [1.807, 2.05) is 4.68 Å². The van der Waals surface area contributed by atoms with Gasteiger partial charge in [-0.1, -0.05) is 19.4 Å². The smallest absolute Gasteiger partial charge is 0.174 e. The van der Waals surface area contributed by atoms with Crippen molar-refractivity contribution in [2.24, 2.45) is 28.6 Å². The fourth-order valence-electron chi connectivity index (χ4n) is 6.85. The van der Waals surface area contributed by atoms with Crippen LogP contribution in [-0.4, -0.2) is 31.4 Å². The van der Waals surface area contributed by atoms with Gasteiger partial charge in [0.25, 0.3) is 0 Å². The molecular formula is C19H28N4O. The van der Waals surface area contributed by atoms with Gasteiger partial charge in [-0.25, -0.2) is 4.68 Å². The van der Waals surface area contributed by atoms with E-state index in [0.29, 0.717) is 5.92 Å². The van der Waals surface area contributed by atoms with E-state index in [2.05, 4.69) is 35.4 Å².